The van der Waals surface area contributed by atoms with E-state index in [2.05, 4.69) is 21.2 Å². The maximum Gasteiger partial charge on any atom is 0.220 e. The molecule has 0 aliphatic rings. The second kappa shape index (κ2) is 8.50. The van der Waals surface area contributed by atoms with Crippen molar-refractivity contribution < 1.29 is 4.79 Å². The molecule has 3 N–H and O–H groups in total. The molecular weight excluding hydrogens is 304 g/mol. The zero-order valence-corrected chi connectivity index (χ0v) is 12.2. The molecule has 1 unspecified atom stereocenters. The number of nitrogens with one attached hydrogen (secondary N) is 1. The summed E-state index contributed by atoms with van der Waals surface area (Å²) in [6, 6.07) is 7.97. The second-order valence-electron chi connectivity index (χ2n) is 3.92. The minimum absolute atomic E-state index is 0. The van der Waals surface area contributed by atoms with Gasteiger partial charge in [0.05, 0.1) is 0 Å². The molecule has 0 heterocycles. The molecule has 0 bridgehead atoms. The normalized spacial score (nSPS) is 11.5. The van der Waals surface area contributed by atoms with Gasteiger partial charge in [0.25, 0.3) is 0 Å². The molecule has 1 aromatic carbocycles. The number of hydrogen-bond donors (Lipinski definition) is 2. The van der Waals surface area contributed by atoms with Gasteiger partial charge in [-0.25, -0.2) is 0 Å². The highest BCUT2D eigenvalue weighted by atomic mass is 79.9. The van der Waals surface area contributed by atoms with Gasteiger partial charge in [0.1, 0.15) is 0 Å². The third-order valence-electron chi connectivity index (χ3n) is 2.23. The summed E-state index contributed by atoms with van der Waals surface area (Å²) in [5.74, 6) is 0.0558. The van der Waals surface area contributed by atoms with E-state index in [0.717, 1.165) is 16.5 Å². The van der Waals surface area contributed by atoms with Gasteiger partial charge in [-0.1, -0.05) is 28.1 Å². The summed E-state index contributed by atoms with van der Waals surface area (Å²) in [4.78, 5) is 11.4. The first-order chi connectivity index (χ1) is 7.58. The lowest BCUT2D eigenvalue weighted by Gasteiger charge is -2.07. The Morgan fingerprint density at radius 1 is 1.41 bits per heavy atom. The first-order valence-electron chi connectivity index (χ1n) is 5.34. The van der Waals surface area contributed by atoms with E-state index in [-0.39, 0.29) is 24.4 Å². The first kappa shape index (κ1) is 16.4. The highest BCUT2D eigenvalue weighted by molar-refractivity contribution is 9.10. The molecule has 0 saturated carbocycles. The number of halogens is 2. The van der Waals surface area contributed by atoms with Crippen LogP contribution >= 0.6 is 28.3 Å². The Balaban J connectivity index is 0.00000256. The van der Waals surface area contributed by atoms with Crippen molar-refractivity contribution in [2.75, 3.05) is 0 Å². The summed E-state index contributed by atoms with van der Waals surface area (Å²) < 4.78 is 1.04. The zero-order valence-electron chi connectivity index (χ0n) is 9.78. The number of carbonyl (C=O) groups excluding carboxylic acids is 1. The summed E-state index contributed by atoms with van der Waals surface area (Å²) in [7, 11) is 0. The predicted molar refractivity (Wildman–Crippen MR) is 76.1 cm³/mol. The van der Waals surface area contributed by atoms with E-state index < -0.39 is 0 Å². The number of rotatable bonds is 5. The molecule has 1 atom stereocenters. The van der Waals surface area contributed by atoms with Crippen molar-refractivity contribution in [3.63, 3.8) is 0 Å². The van der Waals surface area contributed by atoms with Gasteiger partial charge in [-0.15, -0.1) is 12.4 Å². The van der Waals surface area contributed by atoms with E-state index >= 15 is 0 Å². The lowest BCUT2D eigenvalue weighted by atomic mass is 10.2. The van der Waals surface area contributed by atoms with E-state index in [9.17, 15) is 4.79 Å². The average molecular weight is 322 g/mol. The van der Waals surface area contributed by atoms with Crippen LogP contribution in [-0.2, 0) is 11.3 Å². The van der Waals surface area contributed by atoms with Crippen LogP contribution in [0.1, 0.15) is 25.3 Å². The lowest BCUT2D eigenvalue weighted by Crippen LogP contribution is -2.25. The molecule has 3 nitrogen and oxygen atoms in total. The van der Waals surface area contributed by atoms with Crippen LogP contribution in [-0.4, -0.2) is 11.9 Å². The monoisotopic (exact) mass is 320 g/mol. The average Bonchev–Trinajstić information content (AvgIpc) is 2.25. The molecule has 17 heavy (non-hydrogen) atoms. The van der Waals surface area contributed by atoms with Gasteiger partial charge in [0.15, 0.2) is 0 Å². The Hall–Kier alpha value is -0.580. The second-order valence-corrected chi connectivity index (χ2v) is 4.83. The Morgan fingerprint density at radius 3 is 2.53 bits per heavy atom. The van der Waals surface area contributed by atoms with Crippen molar-refractivity contribution in [1.29, 1.82) is 0 Å². The molecule has 96 valence electrons. The van der Waals surface area contributed by atoms with Gasteiger partial charge in [0, 0.05) is 23.5 Å². The molecule has 5 heteroatoms. The van der Waals surface area contributed by atoms with Crippen molar-refractivity contribution in [3.05, 3.63) is 34.3 Å². The molecule has 0 aliphatic carbocycles. The Labute approximate surface area is 117 Å². The van der Waals surface area contributed by atoms with Crippen molar-refractivity contribution in [1.82, 2.24) is 5.32 Å². The van der Waals surface area contributed by atoms with Crippen molar-refractivity contribution in [2.45, 2.75) is 32.4 Å². The molecule has 1 amide bonds. The standard InChI is InChI=1S/C12H17BrN2O.ClH/c1-9(14)2-7-12(16)15-8-10-3-5-11(13)6-4-10;/h3-6,9H,2,7-8,14H2,1H3,(H,15,16);1H. The van der Waals surface area contributed by atoms with Gasteiger partial charge in [-0.05, 0) is 31.0 Å². The number of amides is 1. The van der Waals surface area contributed by atoms with E-state index in [1.54, 1.807) is 0 Å². The van der Waals surface area contributed by atoms with Crippen molar-refractivity contribution >= 4 is 34.2 Å². The molecule has 0 radical (unpaired) electrons. The lowest BCUT2D eigenvalue weighted by molar-refractivity contribution is -0.121. The quantitative estimate of drug-likeness (QED) is 0.876. The number of nitrogens with two attached hydrogens (primary N) is 1. The van der Waals surface area contributed by atoms with Crippen LogP contribution in [0.2, 0.25) is 0 Å². The molecule has 0 aliphatic heterocycles. The maximum atomic E-state index is 11.4. The van der Waals surface area contributed by atoms with E-state index in [1.807, 2.05) is 31.2 Å². The molecule has 0 saturated heterocycles. The highest BCUT2D eigenvalue weighted by Gasteiger charge is 2.03. The van der Waals surface area contributed by atoms with Gasteiger partial charge in [0.2, 0.25) is 5.91 Å². The molecule has 0 spiro atoms. The number of carbonyl (C=O) groups is 1. The Bertz CT molecular complexity index is 341. The third-order valence-corrected chi connectivity index (χ3v) is 2.76. The predicted octanol–water partition coefficient (Wildman–Crippen LogP) is 2.61. The smallest absolute Gasteiger partial charge is 0.220 e. The number of hydrogen-bond acceptors (Lipinski definition) is 2. The molecule has 1 aromatic rings. The molecular formula is C12H18BrClN2O. The van der Waals surface area contributed by atoms with Gasteiger partial charge < -0.3 is 11.1 Å². The number of benzene rings is 1. The summed E-state index contributed by atoms with van der Waals surface area (Å²) in [6.45, 7) is 2.48. The van der Waals surface area contributed by atoms with Crippen molar-refractivity contribution in [3.8, 4) is 0 Å². The van der Waals surface area contributed by atoms with Crippen LogP contribution in [0.3, 0.4) is 0 Å². The van der Waals surface area contributed by atoms with Crippen LogP contribution < -0.4 is 11.1 Å². The maximum absolute atomic E-state index is 11.4. The van der Waals surface area contributed by atoms with Crippen molar-refractivity contribution in [2.24, 2.45) is 5.73 Å². The van der Waals surface area contributed by atoms with Gasteiger partial charge >= 0.3 is 0 Å². The summed E-state index contributed by atoms with van der Waals surface area (Å²) in [5.41, 5.74) is 6.67. The van der Waals surface area contributed by atoms with Crippen LogP contribution in [0.15, 0.2) is 28.7 Å². The van der Waals surface area contributed by atoms with E-state index in [1.165, 1.54) is 0 Å². The van der Waals surface area contributed by atoms with Crippen LogP contribution in [0.4, 0.5) is 0 Å². The van der Waals surface area contributed by atoms with E-state index in [4.69, 9.17) is 5.73 Å². The Morgan fingerprint density at radius 2 is 2.00 bits per heavy atom. The topological polar surface area (TPSA) is 55.1 Å². The fourth-order valence-electron chi connectivity index (χ4n) is 1.25. The Kier molecular flexibility index (Phi) is 8.21. The zero-order chi connectivity index (χ0) is 12.0. The molecule has 1 rings (SSSR count). The molecule has 0 aromatic heterocycles. The SMILES string of the molecule is CC(N)CCC(=O)NCc1ccc(Br)cc1.Cl. The third kappa shape index (κ3) is 7.36. The summed E-state index contributed by atoms with van der Waals surface area (Å²) in [5, 5.41) is 2.86. The largest absolute Gasteiger partial charge is 0.352 e. The van der Waals surface area contributed by atoms with Crippen LogP contribution in [0, 0.1) is 0 Å². The fraction of sp³-hybridized carbons (Fsp3) is 0.417. The highest BCUT2D eigenvalue weighted by Crippen LogP contribution is 2.10. The fourth-order valence-corrected chi connectivity index (χ4v) is 1.51. The van der Waals surface area contributed by atoms with Crippen LogP contribution in [0.25, 0.3) is 0 Å². The van der Waals surface area contributed by atoms with Crippen LogP contribution in [0.5, 0.6) is 0 Å². The summed E-state index contributed by atoms with van der Waals surface area (Å²) in [6.07, 6.45) is 1.22. The molecule has 0 fully saturated rings. The first-order valence-corrected chi connectivity index (χ1v) is 6.14. The summed E-state index contributed by atoms with van der Waals surface area (Å²) >= 11 is 3.37. The van der Waals surface area contributed by atoms with E-state index in [0.29, 0.717) is 13.0 Å². The van der Waals surface area contributed by atoms with Gasteiger partial charge in [-0.2, -0.15) is 0 Å². The minimum atomic E-state index is 0. The minimum Gasteiger partial charge on any atom is -0.352 e. The van der Waals surface area contributed by atoms with Gasteiger partial charge in [-0.3, -0.25) is 4.79 Å².